The molecule has 1 heterocycles. The first-order valence-electron chi connectivity index (χ1n) is 7.94. The number of rotatable bonds is 2. The standard InChI is InChI=1S/C16H28N2O2/c1-6-12-14(19)17-16(4,5)15(20)18(12)13-9-7-8-10(2)11(13)3/h10-13H,6-9H2,1-5H3,(H,17,19). The lowest BCUT2D eigenvalue weighted by molar-refractivity contribution is -0.159. The Hall–Kier alpha value is -1.06. The highest BCUT2D eigenvalue weighted by Crippen LogP contribution is 2.36. The molecule has 20 heavy (non-hydrogen) atoms. The van der Waals surface area contributed by atoms with E-state index < -0.39 is 5.54 Å². The lowest BCUT2D eigenvalue weighted by atomic mass is 9.76. The Labute approximate surface area is 122 Å². The summed E-state index contributed by atoms with van der Waals surface area (Å²) in [5, 5.41) is 2.87. The van der Waals surface area contributed by atoms with E-state index >= 15 is 0 Å². The summed E-state index contributed by atoms with van der Waals surface area (Å²) < 4.78 is 0. The Morgan fingerprint density at radius 1 is 1.25 bits per heavy atom. The first-order valence-corrected chi connectivity index (χ1v) is 7.94. The van der Waals surface area contributed by atoms with Crippen molar-refractivity contribution in [2.24, 2.45) is 11.8 Å². The Kier molecular flexibility index (Phi) is 4.12. The molecule has 2 fully saturated rings. The molecular weight excluding hydrogens is 252 g/mol. The summed E-state index contributed by atoms with van der Waals surface area (Å²) >= 11 is 0. The molecule has 1 aliphatic carbocycles. The predicted molar refractivity (Wildman–Crippen MR) is 79.1 cm³/mol. The van der Waals surface area contributed by atoms with Gasteiger partial charge in [0.1, 0.15) is 11.6 Å². The number of carbonyl (C=O) groups excluding carboxylic acids is 2. The van der Waals surface area contributed by atoms with Crippen LogP contribution in [0.15, 0.2) is 0 Å². The van der Waals surface area contributed by atoms with E-state index in [1.807, 2.05) is 25.7 Å². The minimum atomic E-state index is -0.775. The third-order valence-electron chi connectivity index (χ3n) is 5.25. The number of nitrogens with zero attached hydrogens (tertiary/aromatic N) is 1. The maximum atomic E-state index is 12.8. The number of nitrogens with one attached hydrogen (secondary N) is 1. The molecular formula is C16H28N2O2. The molecule has 1 N–H and O–H groups in total. The SMILES string of the molecule is CCC1C(=O)NC(C)(C)C(=O)N1C1CCCC(C)C1C. The van der Waals surface area contributed by atoms with Crippen molar-refractivity contribution >= 4 is 11.8 Å². The molecule has 4 atom stereocenters. The van der Waals surface area contributed by atoms with Gasteiger partial charge in [0.25, 0.3) is 0 Å². The first kappa shape index (κ1) is 15.3. The van der Waals surface area contributed by atoms with Crippen LogP contribution in [0.25, 0.3) is 0 Å². The van der Waals surface area contributed by atoms with Crippen molar-refractivity contribution in [1.29, 1.82) is 0 Å². The van der Waals surface area contributed by atoms with E-state index in [1.54, 1.807) is 0 Å². The van der Waals surface area contributed by atoms with Gasteiger partial charge >= 0.3 is 0 Å². The van der Waals surface area contributed by atoms with Gasteiger partial charge in [0.05, 0.1) is 0 Å². The number of hydrogen-bond donors (Lipinski definition) is 1. The summed E-state index contributed by atoms with van der Waals surface area (Å²) in [7, 11) is 0. The molecule has 1 saturated heterocycles. The monoisotopic (exact) mass is 280 g/mol. The largest absolute Gasteiger partial charge is 0.340 e. The van der Waals surface area contributed by atoms with Crippen LogP contribution in [0.3, 0.4) is 0 Å². The average molecular weight is 280 g/mol. The van der Waals surface area contributed by atoms with Crippen molar-refractivity contribution < 1.29 is 9.59 Å². The molecule has 0 spiro atoms. The Bertz CT molecular complexity index is 405. The van der Waals surface area contributed by atoms with Gasteiger partial charge in [-0.05, 0) is 38.5 Å². The fourth-order valence-electron chi connectivity index (χ4n) is 3.75. The summed E-state index contributed by atoms with van der Waals surface area (Å²) in [6.07, 6.45) is 4.09. The zero-order chi connectivity index (χ0) is 15.1. The van der Waals surface area contributed by atoms with Crippen LogP contribution in [-0.2, 0) is 9.59 Å². The van der Waals surface area contributed by atoms with Gasteiger partial charge in [-0.25, -0.2) is 0 Å². The van der Waals surface area contributed by atoms with E-state index in [4.69, 9.17) is 0 Å². The van der Waals surface area contributed by atoms with E-state index in [-0.39, 0.29) is 23.9 Å². The van der Waals surface area contributed by atoms with Crippen LogP contribution in [0.2, 0.25) is 0 Å². The predicted octanol–water partition coefficient (Wildman–Crippen LogP) is 2.33. The van der Waals surface area contributed by atoms with Gasteiger partial charge in [0.2, 0.25) is 11.8 Å². The van der Waals surface area contributed by atoms with E-state index in [1.165, 1.54) is 6.42 Å². The Morgan fingerprint density at radius 2 is 1.90 bits per heavy atom. The first-order chi connectivity index (χ1) is 9.29. The van der Waals surface area contributed by atoms with Gasteiger partial charge in [-0.15, -0.1) is 0 Å². The van der Waals surface area contributed by atoms with E-state index in [0.717, 1.165) is 12.8 Å². The zero-order valence-corrected chi connectivity index (χ0v) is 13.4. The second-order valence-corrected chi connectivity index (χ2v) is 7.09. The summed E-state index contributed by atoms with van der Waals surface area (Å²) in [6.45, 7) is 10.1. The number of carbonyl (C=O) groups is 2. The molecule has 2 amide bonds. The van der Waals surface area contributed by atoms with Crippen molar-refractivity contribution in [3.05, 3.63) is 0 Å². The molecule has 4 nitrogen and oxygen atoms in total. The lowest BCUT2D eigenvalue weighted by Crippen LogP contribution is -2.70. The maximum Gasteiger partial charge on any atom is 0.248 e. The average Bonchev–Trinajstić information content (AvgIpc) is 2.37. The highest BCUT2D eigenvalue weighted by molar-refractivity contribution is 5.99. The molecule has 0 radical (unpaired) electrons. The highest BCUT2D eigenvalue weighted by Gasteiger charge is 2.48. The topological polar surface area (TPSA) is 49.4 Å². The van der Waals surface area contributed by atoms with E-state index in [0.29, 0.717) is 18.3 Å². The summed E-state index contributed by atoms with van der Waals surface area (Å²) in [5.74, 6) is 1.16. The number of piperazine rings is 1. The van der Waals surface area contributed by atoms with Crippen molar-refractivity contribution in [3.8, 4) is 0 Å². The molecule has 0 aromatic carbocycles. The molecule has 4 heteroatoms. The summed E-state index contributed by atoms with van der Waals surface area (Å²) in [4.78, 5) is 27.1. The van der Waals surface area contributed by atoms with E-state index in [9.17, 15) is 9.59 Å². The second-order valence-electron chi connectivity index (χ2n) is 7.09. The molecule has 0 aromatic rings. The summed E-state index contributed by atoms with van der Waals surface area (Å²) in [6, 6.07) is -0.0881. The highest BCUT2D eigenvalue weighted by atomic mass is 16.2. The van der Waals surface area contributed by atoms with Crippen molar-refractivity contribution in [3.63, 3.8) is 0 Å². The molecule has 0 bridgehead atoms. The molecule has 4 unspecified atom stereocenters. The second kappa shape index (κ2) is 5.38. The maximum absolute atomic E-state index is 12.8. The third-order valence-corrected chi connectivity index (χ3v) is 5.25. The van der Waals surface area contributed by atoms with Crippen molar-refractivity contribution in [2.75, 3.05) is 0 Å². The van der Waals surface area contributed by atoms with E-state index in [2.05, 4.69) is 19.2 Å². The Morgan fingerprint density at radius 3 is 2.50 bits per heavy atom. The number of hydrogen-bond acceptors (Lipinski definition) is 2. The van der Waals surface area contributed by atoms with Crippen LogP contribution < -0.4 is 5.32 Å². The molecule has 2 rings (SSSR count). The Balaban J connectivity index is 2.33. The molecule has 2 aliphatic rings. The normalized spacial score (nSPS) is 37.8. The van der Waals surface area contributed by atoms with Gasteiger partial charge in [0.15, 0.2) is 0 Å². The van der Waals surface area contributed by atoms with Crippen molar-refractivity contribution in [2.45, 2.75) is 77.9 Å². The van der Waals surface area contributed by atoms with Gasteiger partial charge in [0, 0.05) is 6.04 Å². The fourth-order valence-corrected chi connectivity index (χ4v) is 3.75. The summed E-state index contributed by atoms with van der Waals surface area (Å²) in [5.41, 5.74) is -0.775. The van der Waals surface area contributed by atoms with Gasteiger partial charge in [-0.1, -0.05) is 33.6 Å². The smallest absolute Gasteiger partial charge is 0.248 e. The van der Waals surface area contributed by atoms with Crippen LogP contribution in [0, 0.1) is 11.8 Å². The minimum Gasteiger partial charge on any atom is -0.340 e. The van der Waals surface area contributed by atoms with Gasteiger partial charge < -0.3 is 10.2 Å². The zero-order valence-electron chi connectivity index (χ0n) is 13.4. The minimum absolute atomic E-state index is 0.00234. The van der Waals surface area contributed by atoms with Gasteiger partial charge in [-0.2, -0.15) is 0 Å². The molecule has 0 aromatic heterocycles. The van der Waals surface area contributed by atoms with Crippen LogP contribution in [0.4, 0.5) is 0 Å². The molecule has 1 saturated carbocycles. The quantitative estimate of drug-likeness (QED) is 0.844. The molecule has 114 valence electrons. The fraction of sp³-hybridized carbons (Fsp3) is 0.875. The third kappa shape index (κ3) is 2.45. The van der Waals surface area contributed by atoms with Crippen molar-refractivity contribution in [1.82, 2.24) is 10.2 Å². The van der Waals surface area contributed by atoms with Crippen LogP contribution in [-0.4, -0.2) is 34.3 Å². The van der Waals surface area contributed by atoms with Crippen LogP contribution in [0.1, 0.15) is 60.3 Å². The molecule has 1 aliphatic heterocycles. The number of amides is 2. The van der Waals surface area contributed by atoms with Crippen LogP contribution in [0.5, 0.6) is 0 Å². The van der Waals surface area contributed by atoms with Crippen LogP contribution >= 0.6 is 0 Å². The lowest BCUT2D eigenvalue weighted by Gasteiger charge is -2.50. The van der Waals surface area contributed by atoms with Gasteiger partial charge in [-0.3, -0.25) is 9.59 Å².